The topological polar surface area (TPSA) is 55.4 Å². The number of carbonyl (C=O) groups is 2. The third-order valence-electron chi connectivity index (χ3n) is 2.19. The minimum absolute atomic E-state index is 0.146. The van der Waals surface area contributed by atoms with Crippen LogP contribution in [0, 0.1) is 6.92 Å². The van der Waals surface area contributed by atoms with Gasteiger partial charge in [-0.2, -0.15) is 0 Å². The molecular formula is C14H17NO3. The van der Waals surface area contributed by atoms with Gasteiger partial charge in [-0.15, -0.1) is 0 Å². The maximum absolute atomic E-state index is 11.6. The van der Waals surface area contributed by atoms with Crippen LogP contribution in [0.3, 0.4) is 0 Å². The number of aryl methyl sites for hydroxylation is 1. The third-order valence-corrected chi connectivity index (χ3v) is 2.19. The normalized spacial score (nSPS) is 10.9. The van der Waals surface area contributed by atoms with E-state index in [9.17, 15) is 9.59 Å². The Morgan fingerprint density at radius 1 is 1.28 bits per heavy atom. The lowest BCUT2D eigenvalue weighted by Gasteiger charge is -2.07. The van der Waals surface area contributed by atoms with Gasteiger partial charge in [0, 0.05) is 6.92 Å². The summed E-state index contributed by atoms with van der Waals surface area (Å²) in [5.41, 5.74) is 2.11. The van der Waals surface area contributed by atoms with Gasteiger partial charge < -0.3 is 10.1 Å². The van der Waals surface area contributed by atoms with Crippen molar-refractivity contribution in [2.24, 2.45) is 0 Å². The number of carbonyl (C=O) groups excluding carboxylic acids is 2. The molecule has 0 aromatic heterocycles. The van der Waals surface area contributed by atoms with E-state index in [1.54, 1.807) is 13.0 Å². The Labute approximate surface area is 107 Å². The number of esters is 1. The van der Waals surface area contributed by atoms with Gasteiger partial charge in [0.05, 0.1) is 6.61 Å². The van der Waals surface area contributed by atoms with Crippen molar-refractivity contribution < 1.29 is 14.3 Å². The van der Waals surface area contributed by atoms with E-state index < -0.39 is 5.97 Å². The van der Waals surface area contributed by atoms with Gasteiger partial charge in [0.25, 0.3) is 0 Å². The minimum atomic E-state index is -0.534. The van der Waals surface area contributed by atoms with Crippen LogP contribution in [0.5, 0.6) is 0 Å². The molecule has 0 spiro atoms. The fourth-order valence-electron chi connectivity index (χ4n) is 1.37. The molecule has 1 amide bonds. The molecule has 0 aliphatic carbocycles. The molecule has 0 atom stereocenters. The molecule has 0 heterocycles. The van der Waals surface area contributed by atoms with Gasteiger partial charge in [0.15, 0.2) is 0 Å². The highest BCUT2D eigenvalue weighted by Crippen LogP contribution is 2.08. The second kappa shape index (κ2) is 6.59. The van der Waals surface area contributed by atoms with E-state index in [0.29, 0.717) is 0 Å². The van der Waals surface area contributed by atoms with Gasteiger partial charge in [0.2, 0.25) is 5.91 Å². The van der Waals surface area contributed by atoms with E-state index in [-0.39, 0.29) is 18.2 Å². The van der Waals surface area contributed by atoms with E-state index in [0.717, 1.165) is 11.1 Å². The quantitative estimate of drug-likeness (QED) is 0.654. The highest BCUT2D eigenvalue weighted by molar-refractivity contribution is 5.97. The highest BCUT2D eigenvalue weighted by atomic mass is 16.5. The van der Waals surface area contributed by atoms with Gasteiger partial charge in [-0.1, -0.05) is 29.8 Å². The van der Waals surface area contributed by atoms with Crippen LogP contribution in [-0.2, 0) is 14.3 Å². The highest BCUT2D eigenvalue weighted by Gasteiger charge is 2.11. The first-order valence-electron chi connectivity index (χ1n) is 5.76. The maximum Gasteiger partial charge on any atom is 0.354 e. The molecule has 1 N–H and O–H groups in total. The summed E-state index contributed by atoms with van der Waals surface area (Å²) in [6, 6.07) is 7.61. The van der Waals surface area contributed by atoms with Crippen LogP contribution < -0.4 is 5.32 Å². The van der Waals surface area contributed by atoms with E-state index >= 15 is 0 Å². The number of hydrogen-bond donors (Lipinski definition) is 1. The first-order valence-corrected chi connectivity index (χ1v) is 5.76. The molecule has 4 heteroatoms. The number of hydrogen-bond acceptors (Lipinski definition) is 3. The first kappa shape index (κ1) is 14.0. The van der Waals surface area contributed by atoms with Gasteiger partial charge >= 0.3 is 5.97 Å². The predicted molar refractivity (Wildman–Crippen MR) is 69.6 cm³/mol. The van der Waals surface area contributed by atoms with Crippen molar-refractivity contribution in [3.8, 4) is 0 Å². The molecule has 4 nitrogen and oxygen atoms in total. The van der Waals surface area contributed by atoms with Crippen LogP contribution in [0.4, 0.5) is 0 Å². The lowest BCUT2D eigenvalue weighted by atomic mass is 10.1. The largest absolute Gasteiger partial charge is 0.461 e. The number of nitrogens with one attached hydrogen (secondary N) is 1. The second-order valence-electron chi connectivity index (χ2n) is 3.87. The average molecular weight is 247 g/mol. The summed E-state index contributed by atoms with van der Waals surface area (Å²) in [7, 11) is 0. The van der Waals surface area contributed by atoms with E-state index in [4.69, 9.17) is 4.74 Å². The molecule has 1 aromatic rings. The lowest BCUT2D eigenvalue weighted by molar-refractivity contribution is -0.139. The average Bonchev–Trinajstić information content (AvgIpc) is 2.31. The standard InChI is InChI=1S/C14H17NO3/c1-4-18-14(17)13(15-11(3)16)9-12-7-5-10(2)6-8-12/h5-9H,4H2,1-3H3,(H,15,16)/b13-9+. The molecule has 0 bridgehead atoms. The Hall–Kier alpha value is -2.10. The summed E-state index contributed by atoms with van der Waals surface area (Å²) in [6.45, 7) is 5.31. The van der Waals surface area contributed by atoms with Gasteiger partial charge in [-0.05, 0) is 25.5 Å². The SMILES string of the molecule is CCOC(=O)/C(=C\c1ccc(C)cc1)NC(C)=O. The number of rotatable bonds is 4. The molecule has 0 radical (unpaired) electrons. The molecule has 18 heavy (non-hydrogen) atoms. The van der Waals surface area contributed by atoms with Crippen molar-refractivity contribution in [2.45, 2.75) is 20.8 Å². The van der Waals surface area contributed by atoms with Crippen molar-refractivity contribution in [3.63, 3.8) is 0 Å². The molecule has 0 unspecified atom stereocenters. The molecule has 0 saturated heterocycles. The van der Waals surface area contributed by atoms with Crippen LogP contribution in [0.15, 0.2) is 30.0 Å². The fourth-order valence-corrected chi connectivity index (χ4v) is 1.37. The molecule has 96 valence electrons. The van der Waals surface area contributed by atoms with Gasteiger partial charge in [-0.3, -0.25) is 4.79 Å². The lowest BCUT2D eigenvalue weighted by Crippen LogP contribution is -2.26. The summed E-state index contributed by atoms with van der Waals surface area (Å²) >= 11 is 0. The van der Waals surface area contributed by atoms with E-state index in [2.05, 4.69) is 5.32 Å². The molecule has 0 aliphatic heterocycles. The Balaban J connectivity index is 2.97. The zero-order valence-corrected chi connectivity index (χ0v) is 10.8. The van der Waals surface area contributed by atoms with E-state index in [1.165, 1.54) is 6.92 Å². The summed E-state index contributed by atoms with van der Waals surface area (Å²) < 4.78 is 4.88. The van der Waals surface area contributed by atoms with Crippen LogP contribution >= 0.6 is 0 Å². The number of amides is 1. The van der Waals surface area contributed by atoms with Gasteiger partial charge in [-0.25, -0.2) is 4.79 Å². The number of ether oxygens (including phenoxy) is 1. The van der Waals surface area contributed by atoms with Crippen LogP contribution in [-0.4, -0.2) is 18.5 Å². The molecule has 0 saturated carbocycles. The molecular weight excluding hydrogens is 230 g/mol. The van der Waals surface area contributed by atoms with Crippen molar-refractivity contribution >= 4 is 18.0 Å². The number of benzene rings is 1. The maximum atomic E-state index is 11.6. The van der Waals surface area contributed by atoms with Crippen LogP contribution in [0.2, 0.25) is 0 Å². The smallest absolute Gasteiger partial charge is 0.354 e. The Bertz CT molecular complexity index is 460. The monoisotopic (exact) mass is 247 g/mol. The molecule has 0 fully saturated rings. The van der Waals surface area contributed by atoms with Crippen LogP contribution in [0.25, 0.3) is 6.08 Å². The molecule has 1 aromatic carbocycles. The Morgan fingerprint density at radius 2 is 1.89 bits per heavy atom. The zero-order chi connectivity index (χ0) is 13.5. The summed E-state index contributed by atoms with van der Waals surface area (Å²) in [6.07, 6.45) is 1.60. The Kier molecular flexibility index (Phi) is 5.11. The van der Waals surface area contributed by atoms with Crippen LogP contribution in [0.1, 0.15) is 25.0 Å². The summed E-state index contributed by atoms with van der Waals surface area (Å²) in [5, 5.41) is 2.48. The van der Waals surface area contributed by atoms with Gasteiger partial charge in [0.1, 0.15) is 5.70 Å². The van der Waals surface area contributed by atoms with E-state index in [1.807, 2.05) is 31.2 Å². The van der Waals surface area contributed by atoms with Crippen molar-refractivity contribution in [3.05, 3.63) is 41.1 Å². The summed E-state index contributed by atoms with van der Waals surface area (Å²) in [4.78, 5) is 22.7. The molecule has 0 aliphatic rings. The van der Waals surface area contributed by atoms with Crippen molar-refractivity contribution in [1.82, 2.24) is 5.32 Å². The zero-order valence-electron chi connectivity index (χ0n) is 10.8. The minimum Gasteiger partial charge on any atom is -0.461 e. The predicted octanol–water partition coefficient (Wildman–Crippen LogP) is 2.04. The summed E-state index contributed by atoms with van der Waals surface area (Å²) in [5.74, 6) is -0.838. The third kappa shape index (κ3) is 4.41. The Morgan fingerprint density at radius 3 is 2.39 bits per heavy atom. The second-order valence-corrected chi connectivity index (χ2v) is 3.87. The fraction of sp³-hybridized carbons (Fsp3) is 0.286. The first-order chi connectivity index (χ1) is 8.52. The van der Waals surface area contributed by atoms with Crippen molar-refractivity contribution in [2.75, 3.05) is 6.61 Å². The molecule has 1 rings (SSSR count). The van der Waals surface area contributed by atoms with Crippen molar-refractivity contribution in [1.29, 1.82) is 0 Å².